The van der Waals surface area contributed by atoms with Crippen LogP contribution in [0.2, 0.25) is 0 Å². The molecule has 1 aliphatic heterocycles. The average Bonchev–Trinajstić information content (AvgIpc) is 2.81. The van der Waals surface area contributed by atoms with Gasteiger partial charge >= 0.3 is 5.97 Å². The van der Waals surface area contributed by atoms with Crippen molar-refractivity contribution in [2.45, 2.75) is 20.1 Å². The number of rotatable bonds is 3. The lowest BCUT2D eigenvalue weighted by Crippen LogP contribution is -2.05. The van der Waals surface area contributed by atoms with Crippen LogP contribution in [0.25, 0.3) is 0 Å². The van der Waals surface area contributed by atoms with Gasteiger partial charge in [-0.1, -0.05) is 30.3 Å². The van der Waals surface area contributed by atoms with Crippen molar-refractivity contribution in [1.29, 1.82) is 0 Å². The highest BCUT2D eigenvalue weighted by Crippen LogP contribution is 2.31. The summed E-state index contributed by atoms with van der Waals surface area (Å²) in [5.74, 6) is 0.201. The van der Waals surface area contributed by atoms with Gasteiger partial charge in [0.1, 0.15) is 18.8 Å². The third kappa shape index (κ3) is 2.17. The lowest BCUT2D eigenvalue weighted by Gasteiger charge is -2.11. The SMILES string of the molecule is Cc1ncc2c(c1OCc1ccccc1)C(=O)OC2. The number of ether oxygens (including phenoxy) is 2. The van der Waals surface area contributed by atoms with Gasteiger partial charge in [-0.2, -0.15) is 0 Å². The molecule has 0 N–H and O–H groups in total. The van der Waals surface area contributed by atoms with E-state index in [0.29, 0.717) is 23.6 Å². The van der Waals surface area contributed by atoms with E-state index in [-0.39, 0.29) is 12.6 Å². The van der Waals surface area contributed by atoms with Gasteiger partial charge in [0.2, 0.25) is 0 Å². The highest BCUT2D eigenvalue weighted by atomic mass is 16.5. The van der Waals surface area contributed by atoms with Crippen molar-refractivity contribution in [3.8, 4) is 5.75 Å². The Hall–Kier alpha value is -2.36. The standard InChI is InChI=1S/C15H13NO3/c1-10-14(18-8-11-5-3-2-4-6-11)13-12(7-16-10)9-19-15(13)17/h2-7H,8-9H2,1H3. The predicted octanol–water partition coefficient (Wildman–Crippen LogP) is 2.64. The van der Waals surface area contributed by atoms with Crippen molar-refractivity contribution >= 4 is 5.97 Å². The van der Waals surface area contributed by atoms with Crippen molar-refractivity contribution in [3.05, 3.63) is 58.9 Å². The number of aromatic nitrogens is 1. The number of hydrogen-bond acceptors (Lipinski definition) is 4. The maximum absolute atomic E-state index is 11.7. The fourth-order valence-electron chi connectivity index (χ4n) is 2.08. The van der Waals surface area contributed by atoms with Crippen LogP contribution in [-0.4, -0.2) is 11.0 Å². The summed E-state index contributed by atoms with van der Waals surface area (Å²) in [5.41, 5.74) is 3.06. The first-order valence-corrected chi connectivity index (χ1v) is 6.08. The first-order chi connectivity index (χ1) is 9.25. The number of carbonyl (C=O) groups is 1. The molecule has 0 radical (unpaired) electrons. The van der Waals surface area contributed by atoms with E-state index >= 15 is 0 Å². The van der Waals surface area contributed by atoms with Gasteiger partial charge in [-0.3, -0.25) is 4.98 Å². The van der Waals surface area contributed by atoms with Crippen molar-refractivity contribution < 1.29 is 14.3 Å². The van der Waals surface area contributed by atoms with Crippen molar-refractivity contribution in [3.63, 3.8) is 0 Å². The summed E-state index contributed by atoms with van der Waals surface area (Å²) < 4.78 is 10.8. The van der Waals surface area contributed by atoms with Crippen LogP contribution in [0.4, 0.5) is 0 Å². The number of hydrogen-bond donors (Lipinski definition) is 0. The molecule has 0 atom stereocenters. The van der Waals surface area contributed by atoms with Crippen molar-refractivity contribution in [2.75, 3.05) is 0 Å². The number of benzene rings is 1. The molecular weight excluding hydrogens is 242 g/mol. The second kappa shape index (κ2) is 4.72. The first-order valence-electron chi connectivity index (χ1n) is 6.08. The molecule has 0 aliphatic carbocycles. The summed E-state index contributed by atoms with van der Waals surface area (Å²) in [4.78, 5) is 16.0. The second-order valence-corrected chi connectivity index (χ2v) is 4.42. The number of fused-ring (bicyclic) bond motifs is 1. The summed E-state index contributed by atoms with van der Waals surface area (Å²) in [6.45, 7) is 2.52. The number of aryl methyl sites for hydroxylation is 1. The smallest absolute Gasteiger partial charge is 0.342 e. The molecule has 0 fully saturated rings. The minimum atomic E-state index is -0.330. The highest BCUT2D eigenvalue weighted by molar-refractivity contribution is 5.96. The summed E-state index contributed by atoms with van der Waals surface area (Å²) in [6, 6.07) is 9.81. The van der Waals surface area contributed by atoms with Gasteiger partial charge in [-0.25, -0.2) is 4.79 Å². The van der Waals surface area contributed by atoms with Gasteiger partial charge in [0, 0.05) is 11.8 Å². The summed E-state index contributed by atoms with van der Waals surface area (Å²) >= 11 is 0. The molecule has 3 rings (SSSR count). The Bertz CT molecular complexity index is 623. The minimum Gasteiger partial charge on any atom is -0.486 e. The Balaban J connectivity index is 1.89. The zero-order valence-electron chi connectivity index (χ0n) is 10.6. The molecule has 1 aliphatic rings. The molecule has 1 aromatic carbocycles. The number of cyclic esters (lactones) is 1. The summed E-state index contributed by atoms with van der Waals surface area (Å²) in [5, 5.41) is 0. The Morgan fingerprint density at radius 2 is 2.11 bits per heavy atom. The van der Waals surface area contributed by atoms with Crippen LogP contribution in [0.1, 0.15) is 27.2 Å². The lowest BCUT2D eigenvalue weighted by molar-refractivity contribution is 0.0532. The molecule has 2 heterocycles. The molecule has 0 saturated carbocycles. The van der Waals surface area contributed by atoms with Crippen LogP contribution in [0.15, 0.2) is 36.5 Å². The molecule has 0 amide bonds. The van der Waals surface area contributed by atoms with E-state index in [4.69, 9.17) is 9.47 Å². The number of pyridine rings is 1. The van der Waals surface area contributed by atoms with E-state index in [2.05, 4.69) is 4.98 Å². The van der Waals surface area contributed by atoms with Crippen molar-refractivity contribution in [1.82, 2.24) is 4.98 Å². The van der Waals surface area contributed by atoms with Crippen LogP contribution in [-0.2, 0) is 18.0 Å². The average molecular weight is 255 g/mol. The normalized spacial score (nSPS) is 13.0. The van der Waals surface area contributed by atoms with Gasteiger partial charge < -0.3 is 9.47 Å². The molecule has 0 spiro atoms. The first kappa shape index (κ1) is 11.7. The maximum atomic E-state index is 11.7. The molecule has 0 saturated heterocycles. The third-order valence-corrected chi connectivity index (χ3v) is 3.08. The number of carbonyl (C=O) groups excluding carboxylic acids is 1. The Labute approximate surface area is 111 Å². The van der Waals surface area contributed by atoms with Gasteiger partial charge in [-0.05, 0) is 12.5 Å². The minimum absolute atomic E-state index is 0.281. The van der Waals surface area contributed by atoms with E-state index in [1.165, 1.54) is 0 Å². The quantitative estimate of drug-likeness (QED) is 0.791. The fraction of sp³-hybridized carbons (Fsp3) is 0.200. The van der Waals surface area contributed by atoms with Gasteiger partial charge in [0.05, 0.1) is 5.69 Å². The molecule has 2 aromatic rings. The Kier molecular flexibility index (Phi) is 2.91. The molecule has 0 bridgehead atoms. The molecule has 4 nitrogen and oxygen atoms in total. The summed E-state index contributed by atoms with van der Waals surface area (Å²) in [6.07, 6.45) is 1.67. The zero-order valence-corrected chi connectivity index (χ0v) is 10.6. The van der Waals surface area contributed by atoms with Crippen LogP contribution in [0.3, 0.4) is 0 Å². The third-order valence-electron chi connectivity index (χ3n) is 3.08. The second-order valence-electron chi connectivity index (χ2n) is 4.42. The van der Waals surface area contributed by atoms with Gasteiger partial charge in [-0.15, -0.1) is 0 Å². The van der Waals surface area contributed by atoms with E-state index in [0.717, 1.165) is 11.1 Å². The molecule has 96 valence electrons. The van der Waals surface area contributed by atoms with E-state index in [9.17, 15) is 4.79 Å². The van der Waals surface area contributed by atoms with Gasteiger partial charge in [0.25, 0.3) is 0 Å². The Morgan fingerprint density at radius 3 is 2.89 bits per heavy atom. The fourth-order valence-corrected chi connectivity index (χ4v) is 2.08. The highest BCUT2D eigenvalue weighted by Gasteiger charge is 2.27. The van der Waals surface area contributed by atoms with Crippen LogP contribution in [0.5, 0.6) is 5.75 Å². The molecular formula is C15H13NO3. The van der Waals surface area contributed by atoms with E-state index < -0.39 is 0 Å². The zero-order chi connectivity index (χ0) is 13.2. The number of esters is 1. The van der Waals surface area contributed by atoms with Crippen LogP contribution < -0.4 is 4.74 Å². The van der Waals surface area contributed by atoms with Crippen LogP contribution in [0, 0.1) is 6.92 Å². The topological polar surface area (TPSA) is 48.4 Å². The monoisotopic (exact) mass is 255 g/mol. The van der Waals surface area contributed by atoms with Crippen LogP contribution >= 0.6 is 0 Å². The molecule has 4 heteroatoms. The van der Waals surface area contributed by atoms with Crippen molar-refractivity contribution in [2.24, 2.45) is 0 Å². The van der Waals surface area contributed by atoms with E-state index in [1.807, 2.05) is 37.3 Å². The molecule has 0 unspecified atom stereocenters. The largest absolute Gasteiger partial charge is 0.486 e. The maximum Gasteiger partial charge on any atom is 0.342 e. The summed E-state index contributed by atoms with van der Waals surface area (Å²) in [7, 11) is 0. The number of nitrogens with zero attached hydrogens (tertiary/aromatic N) is 1. The van der Waals surface area contributed by atoms with E-state index in [1.54, 1.807) is 6.20 Å². The molecule has 19 heavy (non-hydrogen) atoms. The lowest BCUT2D eigenvalue weighted by atomic mass is 10.1. The molecule has 1 aromatic heterocycles. The Morgan fingerprint density at radius 1 is 1.32 bits per heavy atom. The predicted molar refractivity (Wildman–Crippen MR) is 68.9 cm³/mol. The van der Waals surface area contributed by atoms with Gasteiger partial charge in [0.15, 0.2) is 5.75 Å².